The van der Waals surface area contributed by atoms with Crippen LogP contribution >= 0.6 is 0 Å². The maximum Gasteiger partial charge on any atom is 0.340 e. The molecule has 19 heavy (non-hydrogen) atoms. The molecule has 0 aliphatic rings. The number of carboxylic acid groups (broad SMARTS) is 1. The molecule has 0 aliphatic carbocycles. The highest BCUT2D eigenvalue weighted by atomic mass is 32.2. The van der Waals surface area contributed by atoms with Crippen LogP contribution in [0.25, 0.3) is 0 Å². The average molecular weight is 289 g/mol. The summed E-state index contributed by atoms with van der Waals surface area (Å²) in [5, 5.41) is 9.17. The van der Waals surface area contributed by atoms with E-state index in [1.54, 1.807) is 20.8 Å². The Morgan fingerprint density at radius 1 is 1.32 bits per heavy atom. The number of hydrogen-bond acceptors (Lipinski definition) is 4. The molecule has 0 atom stereocenters. The van der Waals surface area contributed by atoms with E-state index in [4.69, 9.17) is 4.42 Å². The lowest BCUT2D eigenvalue weighted by Gasteiger charge is -2.24. The lowest BCUT2D eigenvalue weighted by atomic mass is 10.2. The van der Waals surface area contributed by atoms with Gasteiger partial charge in [-0.3, -0.25) is 0 Å². The van der Waals surface area contributed by atoms with Gasteiger partial charge < -0.3 is 9.52 Å². The van der Waals surface area contributed by atoms with Gasteiger partial charge in [0.2, 0.25) is 10.0 Å². The first-order valence-corrected chi connectivity index (χ1v) is 7.43. The Balaban J connectivity index is 3.57. The van der Waals surface area contributed by atoms with Gasteiger partial charge in [0.1, 0.15) is 22.0 Å². The summed E-state index contributed by atoms with van der Waals surface area (Å²) >= 11 is 0. The fraction of sp³-hybridized carbons (Fsp3) is 0.583. The number of furan rings is 1. The van der Waals surface area contributed by atoms with Gasteiger partial charge in [-0.05, 0) is 27.7 Å². The van der Waals surface area contributed by atoms with Crippen molar-refractivity contribution < 1.29 is 22.7 Å². The molecule has 0 aliphatic heterocycles. The van der Waals surface area contributed by atoms with E-state index in [0.29, 0.717) is 0 Å². The minimum absolute atomic E-state index is 0.100. The molecule has 1 heterocycles. The zero-order chi connectivity index (χ0) is 15.0. The Morgan fingerprint density at radius 2 is 1.84 bits per heavy atom. The fourth-order valence-corrected chi connectivity index (χ4v) is 4.17. The number of sulfonamides is 1. The van der Waals surface area contributed by atoms with E-state index in [0.717, 1.165) is 0 Å². The van der Waals surface area contributed by atoms with Gasteiger partial charge in [-0.1, -0.05) is 6.92 Å². The minimum atomic E-state index is -3.88. The molecular weight excluding hydrogens is 270 g/mol. The van der Waals surface area contributed by atoms with Crippen molar-refractivity contribution in [2.45, 2.75) is 45.6 Å². The van der Waals surface area contributed by atoms with Crippen molar-refractivity contribution in [3.63, 3.8) is 0 Å². The molecule has 7 heteroatoms. The molecule has 0 radical (unpaired) electrons. The van der Waals surface area contributed by atoms with Gasteiger partial charge in [0.05, 0.1) is 0 Å². The molecule has 1 aromatic rings. The first-order valence-electron chi connectivity index (χ1n) is 5.99. The largest absolute Gasteiger partial charge is 0.478 e. The van der Waals surface area contributed by atoms with Crippen molar-refractivity contribution in [2.24, 2.45) is 0 Å². The first-order chi connectivity index (χ1) is 8.64. The first kappa shape index (κ1) is 15.7. The van der Waals surface area contributed by atoms with Crippen LogP contribution in [0.5, 0.6) is 0 Å². The highest BCUT2D eigenvalue weighted by Gasteiger charge is 2.35. The summed E-state index contributed by atoms with van der Waals surface area (Å²) in [6.45, 7) is 8.36. The van der Waals surface area contributed by atoms with Crippen LogP contribution in [0.2, 0.25) is 0 Å². The van der Waals surface area contributed by atoms with Crippen molar-refractivity contribution >= 4 is 16.0 Å². The number of rotatable bonds is 5. The average Bonchev–Trinajstić information content (AvgIpc) is 2.53. The van der Waals surface area contributed by atoms with E-state index in [9.17, 15) is 18.3 Å². The monoisotopic (exact) mass is 289 g/mol. The van der Waals surface area contributed by atoms with Crippen LogP contribution in [-0.4, -0.2) is 36.4 Å². The van der Waals surface area contributed by atoms with Crippen LogP contribution < -0.4 is 0 Å². The van der Waals surface area contributed by atoms with Gasteiger partial charge >= 0.3 is 5.97 Å². The summed E-state index contributed by atoms with van der Waals surface area (Å²) < 4.78 is 31.6. The van der Waals surface area contributed by atoms with Gasteiger partial charge in [0.25, 0.3) is 0 Å². The molecule has 0 bridgehead atoms. The van der Waals surface area contributed by atoms with Crippen LogP contribution in [-0.2, 0) is 10.0 Å². The predicted molar refractivity (Wildman–Crippen MR) is 69.8 cm³/mol. The van der Waals surface area contributed by atoms with Crippen molar-refractivity contribution in [2.75, 3.05) is 6.54 Å². The van der Waals surface area contributed by atoms with E-state index in [1.165, 1.54) is 18.2 Å². The second-order valence-corrected chi connectivity index (χ2v) is 6.35. The smallest absolute Gasteiger partial charge is 0.340 e. The van der Waals surface area contributed by atoms with E-state index >= 15 is 0 Å². The Morgan fingerprint density at radius 3 is 2.21 bits per heavy atom. The van der Waals surface area contributed by atoms with Gasteiger partial charge in [0.15, 0.2) is 0 Å². The van der Waals surface area contributed by atoms with Crippen molar-refractivity contribution in [1.82, 2.24) is 4.31 Å². The molecule has 0 unspecified atom stereocenters. The molecule has 0 fully saturated rings. The van der Waals surface area contributed by atoms with E-state index in [2.05, 4.69) is 0 Å². The van der Waals surface area contributed by atoms with Crippen LogP contribution in [0.1, 0.15) is 42.6 Å². The SMILES string of the molecule is CCN(C(C)C)S(=O)(=O)c1c(C)oc(C)c1C(=O)O. The summed E-state index contributed by atoms with van der Waals surface area (Å²) in [5.41, 5.74) is -0.281. The zero-order valence-corrected chi connectivity index (χ0v) is 12.5. The number of carboxylic acids is 1. The summed E-state index contributed by atoms with van der Waals surface area (Å²) in [6, 6.07) is -0.258. The van der Waals surface area contributed by atoms with Gasteiger partial charge in [-0.25, -0.2) is 13.2 Å². The van der Waals surface area contributed by atoms with Gasteiger partial charge in [0, 0.05) is 12.6 Å². The lowest BCUT2D eigenvalue weighted by Crippen LogP contribution is -2.37. The summed E-state index contributed by atoms with van der Waals surface area (Å²) in [5.74, 6) is -1.09. The van der Waals surface area contributed by atoms with E-state index < -0.39 is 16.0 Å². The highest BCUT2D eigenvalue weighted by Crippen LogP contribution is 2.30. The third-order valence-electron chi connectivity index (χ3n) is 2.87. The molecular formula is C12H19NO5S. The topological polar surface area (TPSA) is 87.8 Å². The number of carbonyl (C=O) groups is 1. The maximum atomic E-state index is 12.6. The van der Waals surface area contributed by atoms with Gasteiger partial charge in [-0.15, -0.1) is 0 Å². The molecule has 108 valence electrons. The molecule has 0 aromatic carbocycles. The minimum Gasteiger partial charge on any atom is -0.478 e. The third kappa shape index (κ3) is 2.66. The molecule has 0 saturated carbocycles. The van der Waals surface area contributed by atoms with Crippen LogP contribution in [0.4, 0.5) is 0 Å². The predicted octanol–water partition coefficient (Wildman–Crippen LogP) is 2.01. The summed E-state index contributed by atoms with van der Waals surface area (Å²) in [4.78, 5) is 11.0. The standard InChI is InChI=1S/C12H19NO5S/c1-6-13(7(2)3)19(16,17)11-9(5)18-8(4)10(11)12(14)15/h7H,6H2,1-5H3,(H,14,15). The Bertz CT molecular complexity index is 586. The summed E-state index contributed by atoms with van der Waals surface area (Å²) in [6.07, 6.45) is 0. The van der Waals surface area contributed by atoms with E-state index in [-0.39, 0.29) is 34.6 Å². The van der Waals surface area contributed by atoms with Crippen molar-refractivity contribution in [3.8, 4) is 0 Å². The fourth-order valence-electron chi connectivity index (χ4n) is 2.15. The molecule has 0 spiro atoms. The number of hydrogen-bond donors (Lipinski definition) is 1. The zero-order valence-electron chi connectivity index (χ0n) is 11.7. The van der Waals surface area contributed by atoms with Crippen LogP contribution in [0.15, 0.2) is 9.31 Å². The molecule has 0 saturated heterocycles. The second-order valence-electron chi connectivity index (χ2n) is 4.53. The van der Waals surface area contributed by atoms with Crippen molar-refractivity contribution in [3.05, 3.63) is 17.1 Å². The van der Waals surface area contributed by atoms with Gasteiger partial charge in [-0.2, -0.15) is 4.31 Å². The Kier molecular flexibility index (Phi) is 4.42. The number of aromatic carboxylic acids is 1. The molecule has 1 rings (SSSR count). The molecule has 1 aromatic heterocycles. The van der Waals surface area contributed by atoms with E-state index in [1.807, 2.05) is 0 Å². The quantitative estimate of drug-likeness (QED) is 0.895. The van der Waals surface area contributed by atoms with Crippen molar-refractivity contribution in [1.29, 1.82) is 0 Å². The highest BCUT2D eigenvalue weighted by molar-refractivity contribution is 7.89. The third-order valence-corrected chi connectivity index (χ3v) is 5.18. The Hall–Kier alpha value is -1.34. The maximum absolute atomic E-state index is 12.6. The Labute approximate surface area is 113 Å². The molecule has 0 amide bonds. The van der Waals surface area contributed by atoms with Crippen LogP contribution in [0, 0.1) is 13.8 Å². The lowest BCUT2D eigenvalue weighted by molar-refractivity contribution is 0.0691. The molecule has 6 nitrogen and oxygen atoms in total. The molecule has 1 N–H and O–H groups in total. The summed E-state index contributed by atoms with van der Waals surface area (Å²) in [7, 11) is -3.88. The number of nitrogens with zero attached hydrogens (tertiary/aromatic N) is 1. The second kappa shape index (κ2) is 5.34. The number of aryl methyl sites for hydroxylation is 2. The normalized spacial score (nSPS) is 12.4. The van der Waals surface area contributed by atoms with Crippen LogP contribution in [0.3, 0.4) is 0 Å².